The van der Waals surface area contributed by atoms with Crippen LogP contribution in [0.5, 0.6) is 0 Å². The first-order valence-corrected chi connectivity index (χ1v) is 3.13. The highest BCUT2D eigenvalue weighted by Crippen LogP contribution is 1.97. The molecule has 0 heterocycles. The summed E-state index contributed by atoms with van der Waals surface area (Å²) in [7, 11) is 0. The lowest BCUT2D eigenvalue weighted by Gasteiger charge is -2.00. The van der Waals surface area contributed by atoms with Crippen LogP contribution in [0.2, 0.25) is 0 Å². The summed E-state index contributed by atoms with van der Waals surface area (Å²) >= 11 is 0. The van der Waals surface area contributed by atoms with Gasteiger partial charge in [0.25, 0.3) is 0 Å². The van der Waals surface area contributed by atoms with Crippen LogP contribution in [0, 0.1) is 0 Å². The lowest BCUT2D eigenvalue weighted by molar-refractivity contribution is -0.156. The summed E-state index contributed by atoms with van der Waals surface area (Å²) in [6, 6.07) is 0. The quantitative estimate of drug-likeness (QED) is 0.451. The van der Waals surface area contributed by atoms with Crippen molar-refractivity contribution in [2.75, 3.05) is 6.61 Å². The zero-order chi connectivity index (χ0) is 7.98. The molecule has 10 heavy (non-hydrogen) atoms. The lowest BCUT2D eigenvalue weighted by atomic mass is 10.4. The normalized spacial score (nSPS) is 10.0. The fourth-order valence-corrected chi connectivity index (χ4v) is 0.380. The van der Waals surface area contributed by atoms with Gasteiger partial charge >= 0.3 is 12.4 Å². The van der Waals surface area contributed by atoms with Crippen molar-refractivity contribution >= 4 is 5.97 Å². The molecule has 0 atom stereocenters. The van der Waals surface area contributed by atoms with Gasteiger partial charge in [0.05, 0.1) is 6.61 Å². The van der Waals surface area contributed by atoms with Crippen molar-refractivity contribution in [3.05, 3.63) is 0 Å². The minimum absolute atomic E-state index is 0.0969. The molecule has 0 saturated carbocycles. The van der Waals surface area contributed by atoms with Crippen molar-refractivity contribution in [3.8, 4) is 0 Å². The van der Waals surface area contributed by atoms with Gasteiger partial charge in [0.1, 0.15) is 0 Å². The van der Waals surface area contributed by atoms with Crippen LogP contribution in [0.15, 0.2) is 0 Å². The van der Waals surface area contributed by atoms with Crippen LogP contribution in [0.1, 0.15) is 19.8 Å². The molecule has 2 nitrogen and oxygen atoms in total. The predicted molar refractivity (Wildman–Crippen MR) is 31.9 cm³/mol. The average molecular weight is 152 g/mol. The molecule has 0 bridgehead atoms. The van der Waals surface area contributed by atoms with Gasteiger partial charge in [0, 0.05) is 0 Å². The molecule has 0 aromatic rings. The van der Waals surface area contributed by atoms with Crippen LogP contribution in [-0.4, -0.2) is 19.0 Å². The van der Waals surface area contributed by atoms with Gasteiger partial charge in [-0.3, -0.25) is 0 Å². The zero-order valence-electron chi connectivity index (χ0n) is 5.77. The molecule has 0 fully saturated rings. The Morgan fingerprint density at radius 1 is 1.60 bits per heavy atom. The smallest absolute Gasteiger partial charge is 0.373 e. The summed E-state index contributed by atoms with van der Waals surface area (Å²) < 4.78 is 26.9. The van der Waals surface area contributed by atoms with Gasteiger partial charge in [-0.25, -0.2) is 4.79 Å². The van der Waals surface area contributed by atoms with Gasteiger partial charge in [0.2, 0.25) is 0 Å². The Balaban J connectivity index is 3.22. The van der Waals surface area contributed by atoms with E-state index in [4.69, 9.17) is 0 Å². The number of ether oxygens (including phenoxy) is 1. The van der Waals surface area contributed by atoms with Crippen LogP contribution in [0.3, 0.4) is 0 Å². The van der Waals surface area contributed by atoms with Crippen molar-refractivity contribution in [1.82, 2.24) is 0 Å². The zero-order valence-corrected chi connectivity index (χ0v) is 5.77. The summed E-state index contributed by atoms with van der Waals surface area (Å²) in [6.07, 6.45) is -1.52. The molecule has 0 saturated heterocycles. The third-order valence-electron chi connectivity index (χ3n) is 0.920. The number of rotatable bonds is 4. The SMILES string of the molecule is CCCCOC(=O)C(F)F. The third-order valence-corrected chi connectivity index (χ3v) is 0.920. The van der Waals surface area contributed by atoms with Gasteiger partial charge in [-0.05, 0) is 6.42 Å². The van der Waals surface area contributed by atoms with E-state index in [2.05, 4.69) is 4.74 Å². The molecule has 0 unspecified atom stereocenters. The maximum atomic E-state index is 11.4. The van der Waals surface area contributed by atoms with E-state index in [9.17, 15) is 13.6 Å². The van der Waals surface area contributed by atoms with Crippen LogP contribution >= 0.6 is 0 Å². The molecule has 0 aromatic heterocycles. The molecular formula is C6H10F2O2. The Morgan fingerprint density at radius 2 is 2.20 bits per heavy atom. The number of hydrogen-bond acceptors (Lipinski definition) is 2. The van der Waals surface area contributed by atoms with Gasteiger partial charge in [-0.15, -0.1) is 0 Å². The molecule has 0 aliphatic heterocycles. The molecule has 0 amide bonds. The number of alkyl halides is 2. The first-order chi connectivity index (χ1) is 4.68. The van der Waals surface area contributed by atoms with Gasteiger partial charge in [-0.2, -0.15) is 8.78 Å². The maximum Gasteiger partial charge on any atom is 0.373 e. The van der Waals surface area contributed by atoms with E-state index < -0.39 is 12.4 Å². The second-order valence-electron chi connectivity index (χ2n) is 1.82. The van der Waals surface area contributed by atoms with E-state index in [-0.39, 0.29) is 6.61 Å². The minimum Gasteiger partial charge on any atom is -0.461 e. The monoisotopic (exact) mass is 152 g/mol. The van der Waals surface area contributed by atoms with E-state index in [0.717, 1.165) is 6.42 Å². The topological polar surface area (TPSA) is 26.3 Å². The molecular weight excluding hydrogens is 142 g/mol. The average Bonchev–Trinajstić information content (AvgIpc) is 1.88. The largest absolute Gasteiger partial charge is 0.461 e. The fourth-order valence-electron chi connectivity index (χ4n) is 0.380. The molecule has 0 aliphatic rings. The molecule has 0 spiro atoms. The number of carbonyl (C=O) groups excluding carboxylic acids is 1. The molecule has 4 heteroatoms. The summed E-state index contributed by atoms with van der Waals surface area (Å²) in [6.45, 7) is 1.98. The Labute approximate surface area is 58.2 Å². The van der Waals surface area contributed by atoms with Crippen LogP contribution in [-0.2, 0) is 9.53 Å². The van der Waals surface area contributed by atoms with Crippen molar-refractivity contribution in [3.63, 3.8) is 0 Å². The standard InChI is InChI=1S/C6H10F2O2/c1-2-3-4-10-6(9)5(7)8/h5H,2-4H2,1H3. The fraction of sp³-hybridized carbons (Fsp3) is 0.833. The van der Waals surface area contributed by atoms with Gasteiger partial charge in [0.15, 0.2) is 0 Å². The van der Waals surface area contributed by atoms with E-state index in [0.29, 0.717) is 6.42 Å². The highest BCUT2D eigenvalue weighted by molar-refractivity contribution is 5.72. The number of unbranched alkanes of at least 4 members (excludes halogenated alkanes) is 1. The Morgan fingerprint density at radius 3 is 2.60 bits per heavy atom. The van der Waals surface area contributed by atoms with Crippen molar-refractivity contribution in [2.24, 2.45) is 0 Å². The Bertz CT molecular complexity index is 104. The summed E-state index contributed by atoms with van der Waals surface area (Å²) in [5.41, 5.74) is 0. The summed E-state index contributed by atoms with van der Waals surface area (Å²) in [4.78, 5) is 10.0. The van der Waals surface area contributed by atoms with Crippen LogP contribution < -0.4 is 0 Å². The number of hydrogen-bond donors (Lipinski definition) is 0. The lowest BCUT2D eigenvalue weighted by Crippen LogP contribution is -2.14. The molecule has 0 radical (unpaired) electrons. The van der Waals surface area contributed by atoms with E-state index in [1.807, 2.05) is 6.92 Å². The van der Waals surface area contributed by atoms with Gasteiger partial charge in [-0.1, -0.05) is 13.3 Å². The van der Waals surface area contributed by atoms with Crippen molar-refractivity contribution in [1.29, 1.82) is 0 Å². The number of esters is 1. The minimum atomic E-state index is -2.99. The molecule has 0 N–H and O–H groups in total. The van der Waals surface area contributed by atoms with Crippen LogP contribution in [0.4, 0.5) is 8.78 Å². The molecule has 0 rings (SSSR count). The van der Waals surface area contributed by atoms with E-state index >= 15 is 0 Å². The van der Waals surface area contributed by atoms with Crippen LogP contribution in [0.25, 0.3) is 0 Å². The Kier molecular flexibility index (Phi) is 4.80. The number of carbonyl (C=O) groups is 1. The predicted octanol–water partition coefficient (Wildman–Crippen LogP) is 1.59. The van der Waals surface area contributed by atoms with Crippen molar-refractivity contribution < 1.29 is 18.3 Å². The first-order valence-electron chi connectivity index (χ1n) is 3.13. The second-order valence-corrected chi connectivity index (χ2v) is 1.82. The highest BCUT2D eigenvalue weighted by Gasteiger charge is 2.15. The second kappa shape index (κ2) is 5.14. The van der Waals surface area contributed by atoms with E-state index in [1.165, 1.54) is 0 Å². The maximum absolute atomic E-state index is 11.4. The van der Waals surface area contributed by atoms with Gasteiger partial charge < -0.3 is 4.74 Å². The summed E-state index contributed by atoms with van der Waals surface area (Å²) in [5, 5.41) is 0. The van der Waals surface area contributed by atoms with Crippen molar-refractivity contribution in [2.45, 2.75) is 26.2 Å². The summed E-state index contributed by atoms with van der Waals surface area (Å²) in [5.74, 6) is -1.42. The Hall–Kier alpha value is -0.670. The molecule has 60 valence electrons. The highest BCUT2D eigenvalue weighted by atomic mass is 19.3. The van der Waals surface area contributed by atoms with E-state index in [1.54, 1.807) is 0 Å². The molecule has 0 aromatic carbocycles. The third kappa shape index (κ3) is 4.23. The first kappa shape index (κ1) is 9.33. The number of halogens is 2. The molecule has 0 aliphatic carbocycles.